The van der Waals surface area contributed by atoms with Crippen LogP contribution in [-0.4, -0.2) is 59.9 Å². The first-order valence-corrected chi connectivity index (χ1v) is 18.7. The second kappa shape index (κ2) is 12.2. The van der Waals surface area contributed by atoms with Gasteiger partial charge in [-0.05, 0) is 57.0 Å². The fourth-order valence-corrected chi connectivity index (χ4v) is 6.09. The van der Waals surface area contributed by atoms with Crippen molar-refractivity contribution in [2.24, 2.45) is 0 Å². The summed E-state index contributed by atoms with van der Waals surface area (Å²) in [5.74, 6) is 10.3. The zero-order valence-corrected chi connectivity index (χ0v) is 27.2. The molecule has 0 aliphatic carbocycles. The molecule has 1 aliphatic heterocycles. The average molecular weight is 539 g/mol. The van der Waals surface area contributed by atoms with Crippen molar-refractivity contribution in [3.63, 3.8) is 0 Å². The summed E-state index contributed by atoms with van der Waals surface area (Å²) in [6.45, 7) is 27.8. The third-order valence-corrected chi connectivity index (χ3v) is 16.6. The van der Waals surface area contributed by atoms with Crippen molar-refractivity contribution in [1.82, 2.24) is 0 Å². The van der Waals surface area contributed by atoms with Crippen molar-refractivity contribution in [3.05, 3.63) is 0 Å². The van der Waals surface area contributed by atoms with Crippen LogP contribution in [0.4, 0.5) is 0 Å². The molecule has 0 aromatic heterocycles. The molecule has 0 aromatic carbocycles. The Kier molecular flexibility index (Phi) is 11.1. The second-order valence-electron chi connectivity index (χ2n) is 13.0. The van der Waals surface area contributed by atoms with Gasteiger partial charge in [0.2, 0.25) is 0 Å². The van der Waals surface area contributed by atoms with Crippen molar-refractivity contribution in [3.8, 4) is 23.7 Å². The van der Waals surface area contributed by atoms with Gasteiger partial charge in [0, 0.05) is 18.8 Å². The summed E-state index contributed by atoms with van der Waals surface area (Å²) in [4.78, 5) is 11.7. The van der Waals surface area contributed by atoms with Crippen molar-refractivity contribution < 1.29 is 27.9 Å². The van der Waals surface area contributed by atoms with E-state index in [2.05, 4.69) is 91.4 Å². The lowest BCUT2D eigenvalue weighted by molar-refractivity contribution is -0.159. The van der Waals surface area contributed by atoms with E-state index in [4.69, 9.17) is 23.1 Å². The van der Waals surface area contributed by atoms with Crippen molar-refractivity contribution in [2.45, 2.75) is 142 Å². The van der Waals surface area contributed by atoms with E-state index < -0.39 is 46.7 Å². The summed E-state index contributed by atoms with van der Waals surface area (Å²) in [5.41, 5.74) is 0. The normalized spacial score (nSPS) is 22.1. The van der Waals surface area contributed by atoms with Gasteiger partial charge >= 0.3 is 5.97 Å². The molecule has 0 spiro atoms. The number of hydrogen-bond acceptors (Lipinski definition) is 6. The Morgan fingerprint density at radius 1 is 0.861 bits per heavy atom. The van der Waals surface area contributed by atoms with Crippen LogP contribution in [0.15, 0.2) is 0 Å². The van der Waals surface area contributed by atoms with Crippen molar-refractivity contribution in [1.29, 1.82) is 0 Å². The van der Waals surface area contributed by atoms with Crippen LogP contribution in [0.25, 0.3) is 0 Å². The highest BCUT2D eigenvalue weighted by molar-refractivity contribution is 6.74. The van der Waals surface area contributed by atoms with Crippen LogP contribution in [-0.2, 0) is 27.9 Å². The molecule has 8 heteroatoms. The first-order valence-electron chi connectivity index (χ1n) is 12.8. The molecule has 0 radical (unpaired) electrons. The SMILES string of the molecule is CC#CC[C@@H](O[Si](C)(C)C(C)(C)C)[C@H]1OC(C)(C)O[C@@H]1[C@@H](CC#CC(=O)OC)O[Si](C)(C)C(C)(C)C. The highest BCUT2D eigenvalue weighted by atomic mass is 28.4. The molecule has 4 atom stereocenters. The lowest BCUT2D eigenvalue weighted by Crippen LogP contribution is -2.53. The summed E-state index contributed by atoms with van der Waals surface area (Å²) < 4.78 is 31.5. The fourth-order valence-electron chi connectivity index (χ4n) is 3.43. The van der Waals surface area contributed by atoms with Crippen molar-refractivity contribution in [2.75, 3.05) is 7.11 Å². The van der Waals surface area contributed by atoms with Gasteiger partial charge in [0.05, 0.1) is 19.3 Å². The zero-order valence-electron chi connectivity index (χ0n) is 25.2. The maximum Gasteiger partial charge on any atom is 0.384 e. The molecule has 0 aromatic rings. The number of ether oxygens (including phenoxy) is 3. The topological polar surface area (TPSA) is 63.2 Å². The minimum Gasteiger partial charge on any atom is -0.459 e. The third-order valence-electron chi connectivity index (χ3n) is 7.56. The van der Waals surface area contributed by atoms with E-state index in [1.165, 1.54) is 7.11 Å². The largest absolute Gasteiger partial charge is 0.459 e. The molecular weight excluding hydrogens is 488 g/mol. The second-order valence-corrected chi connectivity index (χ2v) is 22.5. The molecule has 1 fully saturated rings. The zero-order chi connectivity index (χ0) is 28.2. The van der Waals surface area contributed by atoms with Gasteiger partial charge in [-0.2, -0.15) is 0 Å². The quantitative estimate of drug-likeness (QED) is 0.157. The van der Waals surface area contributed by atoms with Crippen LogP contribution in [0.5, 0.6) is 0 Å². The molecule has 0 N–H and O–H groups in total. The number of methoxy groups -OCH3 is 1. The minimum absolute atomic E-state index is 0.0176. The molecule has 0 saturated carbocycles. The first kappa shape index (κ1) is 32.9. The van der Waals surface area contributed by atoms with E-state index >= 15 is 0 Å². The summed E-state index contributed by atoms with van der Waals surface area (Å²) >= 11 is 0. The predicted octanol–water partition coefficient (Wildman–Crippen LogP) is 6.27. The average Bonchev–Trinajstić information content (AvgIpc) is 3.03. The number of rotatable bonds is 8. The van der Waals surface area contributed by atoms with Crippen LogP contribution in [0.1, 0.15) is 75.2 Å². The minimum atomic E-state index is -2.21. The highest BCUT2D eigenvalue weighted by Gasteiger charge is 2.53. The monoisotopic (exact) mass is 538 g/mol. The molecule has 1 rings (SSSR count). The molecule has 0 amide bonds. The Hall–Kier alpha value is -1.14. The van der Waals surface area contributed by atoms with Gasteiger partial charge in [-0.15, -0.1) is 11.8 Å². The maximum atomic E-state index is 11.7. The predicted molar refractivity (Wildman–Crippen MR) is 150 cm³/mol. The van der Waals surface area contributed by atoms with E-state index in [1.54, 1.807) is 0 Å². The fraction of sp³-hybridized carbons (Fsp3) is 0.821. The lowest BCUT2D eigenvalue weighted by Gasteiger charge is -2.43. The molecule has 36 heavy (non-hydrogen) atoms. The maximum absolute atomic E-state index is 11.7. The summed E-state index contributed by atoms with van der Waals surface area (Å²) in [5, 5.41) is 0.00856. The van der Waals surface area contributed by atoms with E-state index in [0.29, 0.717) is 12.8 Å². The molecular formula is C28H50O6Si2. The molecule has 1 saturated heterocycles. The molecule has 1 heterocycles. The van der Waals surface area contributed by atoms with E-state index in [0.717, 1.165) is 0 Å². The summed E-state index contributed by atoms with van der Waals surface area (Å²) in [6, 6.07) is 0. The van der Waals surface area contributed by atoms with Gasteiger partial charge in [-0.3, -0.25) is 0 Å². The number of hydrogen-bond donors (Lipinski definition) is 0. The smallest absolute Gasteiger partial charge is 0.384 e. The van der Waals surface area contributed by atoms with Gasteiger partial charge in [-0.25, -0.2) is 4.79 Å². The van der Waals surface area contributed by atoms with Crippen LogP contribution < -0.4 is 0 Å². The Labute approximate surface area is 222 Å². The van der Waals surface area contributed by atoms with Crippen molar-refractivity contribution >= 4 is 22.6 Å². The van der Waals surface area contributed by atoms with E-state index in [9.17, 15) is 4.79 Å². The Balaban J connectivity index is 3.52. The number of carbonyl (C=O) groups excluding carboxylic acids is 1. The van der Waals surface area contributed by atoms with Gasteiger partial charge < -0.3 is 23.1 Å². The molecule has 0 bridgehead atoms. The van der Waals surface area contributed by atoms with Crippen LogP contribution in [0.3, 0.4) is 0 Å². The van der Waals surface area contributed by atoms with Crippen LogP contribution in [0.2, 0.25) is 36.3 Å². The Morgan fingerprint density at radius 2 is 1.25 bits per heavy atom. The van der Waals surface area contributed by atoms with Gasteiger partial charge in [0.1, 0.15) is 12.2 Å². The van der Waals surface area contributed by atoms with Gasteiger partial charge in [0.15, 0.2) is 22.4 Å². The van der Waals surface area contributed by atoms with Gasteiger partial charge in [0.25, 0.3) is 0 Å². The summed E-state index contributed by atoms with van der Waals surface area (Å²) in [6.07, 6.45) is -0.683. The Morgan fingerprint density at radius 3 is 1.58 bits per heavy atom. The molecule has 1 aliphatic rings. The van der Waals surface area contributed by atoms with Crippen LogP contribution >= 0.6 is 0 Å². The highest BCUT2D eigenvalue weighted by Crippen LogP contribution is 2.43. The molecule has 206 valence electrons. The van der Waals surface area contributed by atoms with E-state index in [-0.39, 0.29) is 16.2 Å². The third kappa shape index (κ3) is 9.01. The Bertz CT molecular complexity index is 874. The standard InChI is InChI=1S/C28H50O6Si2/c1-15-16-18-21(33-35(11,12)26(2,3)4)24-25(32-28(8,9)31-24)22(19-17-20-23(29)30-10)34-36(13,14)27(5,6)7/h21-22,24-25H,18-19H2,1-14H3/t21-,22-,24-,25-/m1/s1. The number of esters is 1. The van der Waals surface area contributed by atoms with Gasteiger partial charge in [-0.1, -0.05) is 47.5 Å². The summed E-state index contributed by atoms with van der Waals surface area (Å²) in [7, 11) is -3.03. The first-order chi connectivity index (χ1) is 16.2. The van der Waals surface area contributed by atoms with Crippen LogP contribution in [0, 0.1) is 23.7 Å². The number of carbonyl (C=O) groups is 1. The molecule has 0 unspecified atom stereocenters. The van der Waals surface area contributed by atoms with E-state index in [1.807, 2.05) is 20.8 Å². The lowest BCUT2D eigenvalue weighted by atomic mass is 9.99. The molecule has 6 nitrogen and oxygen atoms in total.